The van der Waals surface area contributed by atoms with Crippen LogP contribution in [0.5, 0.6) is 5.75 Å². The molecule has 0 aliphatic rings. The van der Waals surface area contributed by atoms with Crippen LogP contribution < -0.4 is 15.8 Å². The molecule has 10 heteroatoms. The average molecular weight is 404 g/mol. The van der Waals surface area contributed by atoms with Crippen molar-refractivity contribution in [3.05, 3.63) is 47.2 Å². The highest BCUT2D eigenvalue weighted by Gasteiger charge is 2.34. The molecule has 1 atom stereocenters. The van der Waals surface area contributed by atoms with Gasteiger partial charge >= 0.3 is 0 Å². The van der Waals surface area contributed by atoms with Crippen molar-refractivity contribution in [1.82, 2.24) is 15.1 Å². The number of aryl methyl sites for hydroxylation is 2. The third-order valence-corrected chi connectivity index (χ3v) is 4.70. The van der Waals surface area contributed by atoms with Gasteiger partial charge in [-0.2, -0.15) is 5.10 Å². The molecule has 29 heavy (non-hydrogen) atoms. The predicted molar refractivity (Wildman–Crippen MR) is 101 cm³/mol. The lowest BCUT2D eigenvalue weighted by atomic mass is 10.0. The minimum atomic E-state index is -1.63. The lowest BCUT2D eigenvalue weighted by Crippen LogP contribution is -2.57. The first-order valence-corrected chi connectivity index (χ1v) is 8.72. The molecule has 2 amide bonds. The molecule has 3 rings (SSSR count). The van der Waals surface area contributed by atoms with Gasteiger partial charge < -0.3 is 25.3 Å². The standard InChI is InChI=1S/C19H21FN4O5/c1-10-16(17(26)23-19(2,9-25)18(21)27)12-6-11(4-5-15(12)29-10)28-8-14-13(20)7-22-24(14)3/h4-7,25H,8-9H2,1-3H3,(H2,21,27)(H,23,26)/t19-/m0/s1. The first-order valence-electron chi connectivity index (χ1n) is 8.72. The van der Waals surface area contributed by atoms with Crippen molar-refractivity contribution in [2.75, 3.05) is 6.61 Å². The van der Waals surface area contributed by atoms with Gasteiger partial charge in [0.25, 0.3) is 5.91 Å². The number of rotatable bonds is 7. The number of hydrogen-bond acceptors (Lipinski definition) is 6. The Labute approximate surface area is 165 Å². The van der Waals surface area contributed by atoms with Crippen LogP contribution in [0.2, 0.25) is 0 Å². The Morgan fingerprint density at radius 2 is 2.17 bits per heavy atom. The van der Waals surface area contributed by atoms with Crippen molar-refractivity contribution in [2.24, 2.45) is 12.8 Å². The minimum Gasteiger partial charge on any atom is -0.487 e. The molecule has 0 saturated carbocycles. The summed E-state index contributed by atoms with van der Waals surface area (Å²) in [7, 11) is 1.60. The Morgan fingerprint density at radius 1 is 1.45 bits per heavy atom. The van der Waals surface area contributed by atoms with E-state index in [1.54, 1.807) is 32.2 Å². The van der Waals surface area contributed by atoms with Crippen molar-refractivity contribution in [2.45, 2.75) is 26.0 Å². The molecular weight excluding hydrogens is 383 g/mol. The summed E-state index contributed by atoms with van der Waals surface area (Å²) in [6.45, 7) is 2.20. The van der Waals surface area contributed by atoms with Gasteiger partial charge in [0, 0.05) is 12.4 Å². The molecule has 0 bridgehead atoms. The van der Waals surface area contributed by atoms with Gasteiger partial charge in [-0.05, 0) is 32.0 Å². The Balaban J connectivity index is 1.90. The summed E-state index contributed by atoms with van der Waals surface area (Å²) in [4.78, 5) is 24.4. The highest BCUT2D eigenvalue weighted by Crippen LogP contribution is 2.30. The lowest BCUT2D eigenvalue weighted by molar-refractivity contribution is -0.124. The van der Waals surface area contributed by atoms with Crippen LogP contribution in [0.25, 0.3) is 11.0 Å². The van der Waals surface area contributed by atoms with Gasteiger partial charge in [-0.1, -0.05) is 0 Å². The van der Waals surface area contributed by atoms with Crippen LogP contribution in [-0.4, -0.2) is 38.8 Å². The second-order valence-electron chi connectivity index (χ2n) is 6.85. The van der Waals surface area contributed by atoms with Crippen LogP contribution in [0.3, 0.4) is 0 Å². The minimum absolute atomic E-state index is 0.0591. The number of benzene rings is 1. The number of ether oxygens (including phenoxy) is 1. The fourth-order valence-electron chi connectivity index (χ4n) is 2.81. The average Bonchev–Trinajstić information content (AvgIpc) is 3.17. The summed E-state index contributed by atoms with van der Waals surface area (Å²) >= 11 is 0. The zero-order valence-corrected chi connectivity index (χ0v) is 16.2. The summed E-state index contributed by atoms with van der Waals surface area (Å²) in [5, 5.41) is 16.1. The first kappa shape index (κ1) is 20.3. The van der Waals surface area contributed by atoms with E-state index in [0.717, 1.165) is 6.20 Å². The fraction of sp³-hybridized carbons (Fsp3) is 0.316. The smallest absolute Gasteiger partial charge is 0.256 e. The van der Waals surface area contributed by atoms with Crippen molar-refractivity contribution < 1.29 is 28.2 Å². The molecule has 9 nitrogen and oxygen atoms in total. The van der Waals surface area contributed by atoms with Gasteiger partial charge in [0.15, 0.2) is 5.82 Å². The Hall–Kier alpha value is -3.40. The number of nitrogens with two attached hydrogens (primary N) is 1. The van der Waals surface area contributed by atoms with Crippen LogP contribution in [0.1, 0.15) is 28.7 Å². The van der Waals surface area contributed by atoms with Crippen LogP contribution in [0, 0.1) is 12.7 Å². The van der Waals surface area contributed by atoms with Gasteiger partial charge in [-0.15, -0.1) is 0 Å². The molecule has 0 aliphatic carbocycles. The molecule has 1 aromatic carbocycles. The molecule has 0 radical (unpaired) electrons. The molecule has 154 valence electrons. The van der Waals surface area contributed by atoms with E-state index in [9.17, 15) is 19.1 Å². The van der Waals surface area contributed by atoms with Crippen molar-refractivity contribution in [1.29, 1.82) is 0 Å². The Kier molecular flexibility index (Phi) is 5.29. The second-order valence-corrected chi connectivity index (χ2v) is 6.85. The van der Waals surface area contributed by atoms with E-state index in [4.69, 9.17) is 14.9 Å². The number of primary amides is 1. The maximum Gasteiger partial charge on any atom is 0.256 e. The molecule has 2 heterocycles. The summed E-state index contributed by atoms with van der Waals surface area (Å²) in [5.74, 6) is -1.29. The van der Waals surface area contributed by atoms with E-state index in [0.29, 0.717) is 22.5 Å². The molecule has 0 unspecified atom stereocenters. The number of furan rings is 1. The number of carbonyl (C=O) groups is 2. The summed E-state index contributed by atoms with van der Waals surface area (Å²) in [5.41, 5.74) is 4.52. The number of aromatic nitrogens is 2. The zero-order valence-electron chi connectivity index (χ0n) is 16.2. The summed E-state index contributed by atoms with van der Waals surface area (Å²) < 4.78 is 26.3. The molecule has 0 saturated heterocycles. The fourth-order valence-corrected chi connectivity index (χ4v) is 2.81. The van der Waals surface area contributed by atoms with Gasteiger partial charge in [0.2, 0.25) is 5.91 Å². The number of amides is 2. The largest absolute Gasteiger partial charge is 0.487 e. The number of fused-ring (bicyclic) bond motifs is 1. The van der Waals surface area contributed by atoms with E-state index >= 15 is 0 Å². The normalized spacial score (nSPS) is 13.3. The number of aliphatic hydroxyl groups is 1. The summed E-state index contributed by atoms with van der Waals surface area (Å²) in [6.07, 6.45) is 1.10. The number of halogens is 1. The molecular formula is C19H21FN4O5. The first-order chi connectivity index (χ1) is 13.7. The zero-order chi connectivity index (χ0) is 21.3. The Morgan fingerprint density at radius 3 is 2.76 bits per heavy atom. The van der Waals surface area contributed by atoms with Crippen LogP contribution in [-0.2, 0) is 18.4 Å². The number of nitrogens with zero attached hydrogens (tertiary/aromatic N) is 2. The van der Waals surface area contributed by atoms with Gasteiger partial charge in [0.05, 0.1) is 18.4 Å². The molecule has 3 aromatic rings. The molecule has 0 fully saturated rings. The van der Waals surface area contributed by atoms with E-state index < -0.39 is 29.8 Å². The third-order valence-electron chi connectivity index (χ3n) is 4.70. The lowest BCUT2D eigenvalue weighted by Gasteiger charge is -2.24. The van der Waals surface area contributed by atoms with Gasteiger partial charge in [-0.3, -0.25) is 14.3 Å². The van der Waals surface area contributed by atoms with E-state index in [2.05, 4.69) is 10.4 Å². The Bertz CT molecular complexity index is 1070. The molecule has 2 aromatic heterocycles. The predicted octanol–water partition coefficient (Wildman–Crippen LogP) is 1.16. The van der Waals surface area contributed by atoms with Crippen LogP contribution >= 0.6 is 0 Å². The summed E-state index contributed by atoms with van der Waals surface area (Å²) in [6, 6.07) is 4.82. The topological polar surface area (TPSA) is 133 Å². The number of hydrogen-bond donors (Lipinski definition) is 3. The van der Waals surface area contributed by atoms with E-state index in [-0.39, 0.29) is 17.9 Å². The number of aliphatic hydroxyl groups excluding tert-OH is 1. The van der Waals surface area contributed by atoms with E-state index in [1.807, 2.05) is 0 Å². The van der Waals surface area contributed by atoms with E-state index in [1.165, 1.54) is 11.6 Å². The van der Waals surface area contributed by atoms with Crippen LogP contribution in [0.15, 0.2) is 28.8 Å². The van der Waals surface area contributed by atoms with Crippen molar-refractivity contribution in [3.63, 3.8) is 0 Å². The number of nitrogens with one attached hydrogen (secondary N) is 1. The molecule has 0 aliphatic heterocycles. The third kappa shape index (κ3) is 3.79. The molecule has 4 N–H and O–H groups in total. The maximum absolute atomic E-state index is 13.7. The second kappa shape index (κ2) is 7.55. The van der Waals surface area contributed by atoms with Crippen molar-refractivity contribution in [3.8, 4) is 5.75 Å². The van der Waals surface area contributed by atoms with Gasteiger partial charge in [0.1, 0.15) is 34.9 Å². The highest BCUT2D eigenvalue weighted by molar-refractivity contribution is 6.09. The monoisotopic (exact) mass is 404 g/mol. The maximum atomic E-state index is 13.7. The van der Waals surface area contributed by atoms with Crippen molar-refractivity contribution >= 4 is 22.8 Å². The highest BCUT2D eigenvalue weighted by atomic mass is 19.1. The van der Waals surface area contributed by atoms with Gasteiger partial charge in [-0.25, -0.2) is 4.39 Å². The molecule has 0 spiro atoms. The number of carbonyl (C=O) groups excluding carboxylic acids is 2. The SMILES string of the molecule is Cc1oc2ccc(OCc3c(F)cnn3C)cc2c1C(=O)N[C@@](C)(CO)C(N)=O. The quantitative estimate of drug-likeness (QED) is 0.541. The van der Waals surface area contributed by atoms with Crippen LogP contribution in [0.4, 0.5) is 4.39 Å².